The number of fused-ring (bicyclic) bond motifs is 1. The van der Waals surface area contributed by atoms with Gasteiger partial charge in [0.05, 0.1) is 16.1 Å². The Kier molecular flexibility index (Phi) is 3.76. The van der Waals surface area contributed by atoms with Gasteiger partial charge in [0.2, 0.25) is 0 Å². The number of hydrogen-bond acceptors (Lipinski definition) is 2. The van der Waals surface area contributed by atoms with Gasteiger partial charge in [-0.2, -0.15) is 0 Å². The van der Waals surface area contributed by atoms with Gasteiger partial charge in [-0.15, -0.1) is 0 Å². The van der Waals surface area contributed by atoms with Crippen LogP contribution < -0.4 is 0 Å². The number of pyridine rings is 1. The Balaban J connectivity index is 2.87. The van der Waals surface area contributed by atoms with E-state index in [1.54, 1.807) is 18.2 Å². The molecule has 1 aromatic heterocycles. The number of carboxylic acid groups (broad SMARTS) is 1. The molecule has 0 aliphatic heterocycles. The summed E-state index contributed by atoms with van der Waals surface area (Å²) in [5, 5.41) is 10.5. The first-order valence-corrected chi connectivity index (χ1v) is 6.60. The van der Waals surface area contributed by atoms with Gasteiger partial charge in [-0.3, -0.25) is 4.98 Å². The molecule has 0 saturated heterocycles. The number of aromatic carboxylic acids is 1. The van der Waals surface area contributed by atoms with Crippen LogP contribution in [0.2, 0.25) is 5.02 Å². The van der Waals surface area contributed by atoms with Gasteiger partial charge in [-0.25, -0.2) is 4.79 Å². The molecule has 2 rings (SSSR count). The fraction of sp³-hybridized carbons (Fsp3) is 0.333. The lowest BCUT2D eigenvalue weighted by Gasteiger charge is -2.15. The van der Waals surface area contributed by atoms with Gasteiger partial charge < -0.3 is 5.11 Å². The zero-order valence-corrected chi connectivity index (χ0v) is 12.0. The lowest BCUT2D eigenvalue weighted by molar-refractivity contribution is 0.0697. The van der Waals surface area contributed by atoms with Crippen LogP contribution in [-0.2, 0) is 6.42 Å². The van der Waals surface area contributed by atoms with E-state index in [0.717, 1.165) is 11.3 Å². The summed E-state index contributed by atoms with van der Waals surface area (Å²) in [4.78, 5) is 16.1. The summed E-state index contributed by atoms with van der Waals surface area (Å²) in [6, 6.07) is 5.27. The monoisotopic (exact) mass is 277 g/mol. The highest BCUT2D eigenvalue weighted by atomic mass is 35.5. The quantitative estimate of drug-likeness (QED) is 0.919. The van der Waals surface area contributed by atoms with Gasteiger partial charge in [-0.05, 0) is 37.0 Å². The zero-order valence-electron chi connectivity index (χ0n) is 11.2. The normalized spacial score (nSPS) is 11.2. The summed E-state index contributed by atoms with van der Waals surface area (Å²) in [5.74, 6) is -0.585. The van der Waals surface area contributed by atoms with Crippen LogP contribution in [0.25, 0.3) is 10.9 Å². The number of nitrogens with zero attached hydrogens (tertiary/aromatic N) is 1. The van der Waals surface area contributed by atoms with Crippen molar-refractivity contribution in [3.8, 4) is 0 Å². The summed E-state index contributed by atoms with van der Waals surface area (Å²) in [6.07, 6.45) is 0.682. The number of aromatic nitrogens is 1. The van der Waals surface area contributed by atoms with Crippen molar-refractivity contribution in [1.29, 1.82) is 0 Å². The number of halogens is 1. The summed E-state index contributed by atoms with van der Waals surface area (Å²) >= 11 is 6.16. The molecule has 0 aliphatic rings. The zero-order chi connectivity index (χ0) is 14.2. The average molecular weight is 278 g/mol. The molecule has 1 heterocycles. The predicted molar refractivity (Wildman–Crippen MR) is 77.0 cm³/mol. The third kappa shape index (κ3) is 2.56. The number of benzene rings is 1. The molecule has 3 nitrogen and oxygen atoms in total. The molecule has 2 aromatic rings. The summed E-state index contributed by atoms with van der Waals surface area (Å²) in [6.45, 7) is 5.97. The number of carboxylic acids is 1. The highest BCUT2D eigenvalue weighted by molar-refractivity contribution is 6.36. The molecule has 100 valence electrons. The highest BCUT2D eigenvalue weighted by Crippen LogP contribution is 2.30. The van der Waals surface area contributed by atoms with E-state index in [0.29, 0.717) is 33.8 Å². The Morgan fingerprint density at radius 1 is 1.42 bits per heavy atom. The van der Waals surface area contributed by atoms with Crippen LogP contribution in [0.4, 0.5) is 0 Å². The fourth-order valence-electron chi connectivity index (χ4n) is 2.33. The molecular weight excluding hydrogens is 262 g/mol. The summed E-state index contributed by atoms with van der Waals surface area (Å²) in [7, 11) is 0. The van der Waals surface area contributed by atoms with Crippen molar-refractivity contribution in [2.75, 3.05) is 0 Å². The maximum atomic E-state index is 11.6. The minimum Gasteiger partial charge on any atom is -0.478 e. The molecule has 0 saturated carbocycles. The van der Waals surface area contributed by atoms with Crippen molar-refractivity contribution in [3.05, 3.63) is 40.0 Å². The van der Waals surface area contributed by atoms with Crippen molar-refractivity contribution in [3.63, 3.8) is 0 Å². The van der Waals surface area contributed by atoms with Crippen LogP contribution in [0.5, 0.6) is 0 Å². The Labute approximate surface area is 117 Å². The molecule has 19 heavy (non-hydrogen) atoms. The number of hydrogen-bond donors (Lipinski definition) is 1. The molecule has 1 aromatic carbocycles. The van der Waals surface area contributed by atoms with Crippen molar-refractivity contribution in [1.82, 2.24) is 4.98 Å². The van der Waals surface area contributed by atoms with Crippen molar-refractivity contribution in [2.45, 2.75) is 27.2 Å². The molecule has 0 aliphatic carbocycles. The molecule has 0 radical (unpaired) electrons. The Morgan fingerprint density at radius 3 is 2.68 bits per heavy atom. The van der Waals surface area contributed by atoms with E-state index in [4.69, 9.17) is 11.6 Å². The molecule has 0 spiro atoms. The lowest BCUT2D eigenvalue weighted by Crippen LogP contribution is -2.10. The first-order chi connectivity index (χ1) is 8.91. The molecular formula is C15H16ClNO2. The molecule has 0 bridgehead atoms. The standard InChI is InChI=1S/C15H16ClNO2/c1-8(2)7-10-9(3)17-12-6-4-5-11(16)14(12)13(10)15(18)19/h4-6,8H,7H2,1-3H3,(H,18,19). The van der Waals surface area contributed by atoms with Crippen LogP contribution >= 0.6 is 11.6 Å². The van der Waals surface area contributed by atoms with Crippen LogP contribution in [0.15, 0.2) is 18.2 Å². The SMILES string of the molecule is Cc1nc2cccc(Cl)c2c(C(=O)O)c1CC(C)C. The second kappa shape index (κ2) is 5.17. The largest absolute Gasteiger partial charge is 0.478 e. The van der Waals surface area contributed by atoms with Gasteiger partial charge in [-0.1, -0.05) is 31.5 Å². The second-order valence-electron chi connectivity index (χ2n) is 5.09. The molecule has 4 heteroatoms. The first-order valence-electron chi connectivity index (χ1n) is 6.22. The molecule has 1 N–H and O–H groups in total. The minimum atomic E-state index is -0.945. The van der Waals surface area contributed by atoms with E-state index in [1.165, 1.54) is 0 Å². The fourth-order valence-corrected chi connectivity index (χ4v) is 2.59. The lowest BCUT2D eigenvalue weighted by atomic mass is 9.94. The first kappa shape index (κ1) is 13.8. The van der Waals surface area contributed by atoms with Gasteiger partial charge in [0.1, 0.15) is 0 Å². The van der Waals surface area contributed by atoms with Crippen molar-refractivity contribution < 1.29 is 9.90 Å². The average Bonchev–Trinajstić information content (AvgIpc) is 2.30. The van der Waals surface area contributed by atoms with Crippen LogP contribution in [-0.4, -0.2) is 16.1 Å². The predicted octanol–water partition coefficient (Wildman–Crippen LogP) is 4.09. The van der Waals surface area contributed by atoms with Crippen LogP contribution in [0.1, 0.15) is 35.5 Å². The second-order valence-corrected chi connectivity index (χ2v) is 5.50. The van der Waals surface area contributed by atoms with Crippen LogP contribution in [0, 0.1) is 12.8 Å². The highest BCUT2D eigenvalue weighted by Gasteiger charge is 2.20. The van der Waals surface area contributed by atoms with Gasteiger partial charge >= 0.3 is 5.97 Å². The van der Waals surface area contributed by atoms with Crippen molar-refractivity contribution in [2.24, 2.45) is 5.92 Å². The minimum absolute atomic E-state index is 0.293. The van der Waals surface area contributed by atoms with Gasteiger partial charge in [0.15, 0.2) is 0 Å². The van der Waals surface area contributed by atoms with E-state index < -0.39 is 5.97 Å². The van der Waals surface area contributed by atoms with E-state index in [-0.39, 0.29) is 0 Å². The van der Waals surface area contributed by atoms with E-state index in [2.05, 4.69) is 18.8 Å². The number of carbonyl (C=O) groups is 1. The molecule has 0 fully saturated rings. The molecule has 0 atom stereocenters. The summed E-state index contributed by atoms with van der Waals surface area (Å²) in [5.41, 5.74) is 2.47. The van der Waals surface area contributed by atoms with E-state index in [9.17, 15) is 9.90 Å². The Hall–Kier alpha value is -1.61. The van der Waals surface area contributed by atoms with E-state index >= 15 is 0 Å². The Bertz CT molecular complexity index is 650. The number of rotatable bonds is 3. The molecule has 0 amide bonds. The number of aryl methyl sites for hydroxylation is 1. The maximum absolute atomic E-state index is 11.6. The van der Waals surface area contributed by atoms with Crippen molar-refractivity contribution >= 4 is 28.5 Å². The van der Waals surface area contributed by atoms with Crippen LogP contribution in [0.3, 0.4) is 0 Å². The maximum Gasteiger partial charge on any atom is 0.336 e. The topological polar surface area (TPSA) is 50.2 Å². The summed E-state index contributed by atoms with van der Waals surface area (Å²) < 4.78 is 0. The Morgan fingerprint density at radius 2 is 2.11 bits per heavy atom. The molecule has 0 unspecified atom stereocenters. The third-order valence-electron chi connectivity index (χ3n) is 3.09. The third-order valence-corrected chi connectivity index (χ3v) is 3.41. The van der Waals surface area contributed by atoms with E-state index in [1.807, 2.05) is 6.92 Å². The smallest absolute Gasteiger partial charge is 0.336 e. The van der Waals surface area contributed by atoms with Gasteiger partial charge in [0.25, 0.3) is 0 Å². The van der Waals surface area contributed by atoms with Gasteiger partial charge in [0, 0.05) is 11.1 Å².